The summed E-state index contributed by atoms with van der Waals surface area (Å²) in [6.07, 6.45) is 3.37. The normalized spacial score (nSPS) is 14.9. The molecule has 1 amide bonds. The Labute approximate surface area is 113 Å². The summed E-state index contributed by atoms with van der Waals surface area (Å²) in [6.45, 7) is 2.58. The van der Waals surface area contributed by atoms with Gasteiger partial charge in [0.2, 0.25) is 15.9 Å². The predicted molar refractivity (Wildman–Crippen MR) is 75.9 cm³/mol. The van der Waals surface area contributed by atoms with Gasteiger partial charge in [0.15, 0.2) is 0 Å². The van der Waals surface area contributed by atoms with Gasteiger partial charge in [0, 0.05) is 24.3 Å². The topological polar surface area (TPSA) is 66.5 Å². The van der Waals surface area contributed by atoms with E-state index in [0.717, 1.165) is 36.9 Å². The maximum absolute atomic E-state index is 11.9. The fraction of sp³-hybridized carbons (Fsp3) is 0.462. The Hall–Kier alpha value is -1.56. The van der Waals surface area contributed by atoms with E-state index in [-0.39, 0.29) is 5.91 Å². The fourth-order valence-corrected chi connectivity index (χ4v) is 2.88. The zero-order chi connectivity index (χ0) is 14.0. The second-order valence-electron chi connectivity index (χ2n) is 4.72. The zero-order valence-corrected chi connectivity index (χ0v) is 12.0. The molecule has 2 rings (SSSR count). The maximum Gasteiger partial charge on any atom is 0.229 e. The number of nitrogens with zero attached hydrogens (tertiary/aromatic N) is 1. The van der Waals surface area contributed by atoms with Gasteiger partial charge in [-0.3, -0.25) is 9.52 Å². The lowest BCUT2D eigenvalue weighted by molar-refractivity contribution is -0.118. The van der Waals surface area contributed by atoms with E-state index in [9.17, 15) is 13.2 Å². The Bertz CT molecular complexity index is 596. The highest BCUT2D eigenvalue weighted by atomic mass is 32.2. The Kier molecular flexibility index (Phi) is 3.80. The van der Waals surface area contributed by atoms with Crippen molar-refractivity contribution in [1.82, 2.24) is 0 Å². The molecule has 1 aliphatic rings. The van der Waals surface area contributed by atoms with Crippen LogP contribution in [0.4, 0.5) is 11.4 Å². The number of hydrogen-bond donors (Lipinski definition) is 1. The Balaban J connectivity index is 2.33. The zero-order valence-electron chi connectivity index (χ0n) is 11.1. The van der Waals surface area contributed by atoms with E-state index in [1.54, 1.807) is 11.0 Å². The third-order valence-corrected chi connectivity index (χ3v) is 3.71. The summed E-state index contributed by atoms with van der Waals surface area (Å²) < 4.78 is 24.9. The quantitative estimate of drug-likeness (QED) is 0.918. The van der Waals surface area contributed by atoms with Crippen LogP contribution in [0.3, 0.4) is 0 Å². The van der Waals surface area contributed by atoms with Crippen LogP contribution in [0.25, 0.3) is 0 Å². The Morgan fingerprint density at radius 2 is 2.16 bits per heavy atom. The van der Waals surface area contributed by atoms with Crippen LogP contribution >= 0.6 is 0 Å². The molecule has 1 N–H and O–H groups in total. The number of rotatable bonds is 3. The molecule has 1 aliphatic heterocycles. The molecule has 0 saturated heterocycles. The van der Waals surface area contributed by atoms with Crippen molar-refractivity contribution in [1.29, 1.82) is 0 Å². The first-order valence-electron chi connectivity index (χ1n) is 6.32. The van der Waals surface area contributed by atoms with Gasteiger partial charge in [0.05, 0.1) is 6.26 Å². The number of benzene rings is 1. The molecule has 0 atom stereocenters. The first-order valence-corrected chi connectivity index (χ1v) is 8.21. The van der Waals surface area contributed by atoms with Crippen LogP contribution in [0.15, 0.2) is 18.2 Å². The van der Waals surface area contributed by atoms with E-state index in [0.29, 0.717) is 12.1 Å². The molecule has 0 bridgehead atoms. The van der Waals surface area contributed by atoms with E-state index < -0.39 is 10.0 Å². The van der Waals surface area contributed by atoms with E-state index in [1.807, 2.05) is 19.1 Å². The van der Waals surface area contributed by atoms with E-state index in [1.165, 1.54) is 0 Å². The number of fused-ring (bicyclic) bond motifs is 1. The van der Waals surface area contributed by atoms with Gasteiger partial charge < -0.3 is 4.90 Å². The summed E-state index contributed by atoms with van der Waals surface area (Å²) in [7, 11) is -3.27. The van der Waals surface area contributed by atoms with Crippen molar-refractivity contribution in [3.8, 4) is 0 Å². The largest absolute Gasteiger partial charge is 0.312 e. The summed E-state index contributed by atoms with van der Waals surface area (Å²) in [5.74, 6) is 0.102. The number of nitrogens with one attached hydrogen (secondary N) is 1. The number of anilines is 2. The van der Waals surface area contributed by atoms with E-state index in [2.05, 4.69) is 4.72 Å². The number of amides is 1. The molecule has 0 fully saturated rings. The Morgan fingerprint density at radius 3 is 2.79 bits per heavy atom. The molecule has 0 spiro atoms. The van der Waals surface area contributed by atoms with Crippen LogP contribution in [-0.4, -0.2) is 27.1 Å². The van der Waals surface area contributed by atoms with Crippen molar-refractivity contribution in [3.63, 3.8) is 0 Å². The molecule has 0 unspecified atom stereocenters. The number of carbonyl (C=O) groups is 1. The number of carbonyl (C=O) groups excluding carboxylic acids is 1. The Morgan fingerprint density at radius 1 is 1.42 bits per heavy atom. The lowest BCUT2D eigenvalue weighted by atomic mass is 10.0. The van der Waals surface area contributed by atoms with Crippen molar-refractivity contribution >= 4 is 27.3 Å². The minimum Gasteiger partial charge on any atom is -0.312 e. The van der Waals surface area contributed by atoms with Gasteiger partial charge in [0.25, 0.3) is 0 Å². The summed E-state index contributed by atoms with van der Waals surface area (Å²) >= 11 is 0. The summed E-state index contributed by atoms with van der Waals surface area (Å²) in [6, 6.07) is 5.32. The lowest BCUT2D eigenvalue weighted by Gasteiger charge is -2.29. The first kappa shape index (κ1) is 13.9. The fourth-order valence-electron chi connectivity index (χ4n) is 2.32. The van der Waals surface area contributed by atoms with Gasteiger partial charge in [-0.2, -0.15) is 0 Å². The molecule has 0 aliphatic carbocycles. The standard InChI is InChI=1S/C13H18N2O3S/c1-3-13(16)15-8-4-5-10-9-11(6-7-12(10)15)14-19(2,17)18/h6-7,9,14H,3-5,8H2,1-2H3. The second-order valence-corrected chi connectivity index (χ2v) is 6.47. The molecule has 0 saturated carbocycles. The molecule has 19 heavy (non-hydrogen) atoms. The summed E-state index contributed by atoms with van der Waals surface area (Å²) in [5.41, 5.74) is 2.46. The van der Waals surface area contributed by atoms with E-state index >= 15 is 0 Å². The second kappa shape index (κ2) is 5.21. The summed E-state index contributed by atoms with van der Waals surface area (Å²) in [5, 5.41) is 0. The molecule has 1 heterocycles. The third kappa shape index (κ3) is 3.26. The van der Waals surface area contributed by atoms with E-state index in [4.69, 9.17) is 0 Å². The lowest BCUT2D eigenvalue weighted by Crippen LogP contribution is -2.34. The smallest absolute Gasteiger partial charge is 0.229 e. The molecule has 0 radical (unpaired) electrons. The number of aryl methyl sites for hydroxylation is 1. The highest BCUT2D eigenvalue weighted by Crippen LogP contribution is 2.30. The van der Waals surface area contributed by atoms with Crippen LogP contribution in [0, 0.1) is 0 Å². The van der Waals surface area contributed by atoms with Crippen LogP contribution in [0.5, 0.6) is 0 Å². The van der Waals surface area contributed by atoms with Gasteiger partial charge in [-0.1, -0.05) is 6.92 Å². The average molecular weight is 282 g/mol. The van der Waals surface area contributed by atoms with Crippen molar-refractivity contribution < 1.29 is 13.2 Å². The SMILES string of the molecule is CCC(=O)N1CCCc2cc(NS(C)(=O)=O)ccc21. The monoisotopic (exact) mass is 282 g/mol. The van der Waals surface area contributed by atoms with Crippen LogP contribution in [0.2, 0.25) is 0 Å². The van der Waals surface area contributed by atoms with Gasteiger partial charge in [-0.25, -0.2) is 8.42 Å². The van der Waals surface area contributed by atoms with Crippen LogP contribution < -0.4 is 9.62 Å². The van der Waals surface area contributed by atoms with Crippen molar-refractivity contribution in [2.75, 3.05) is 22.4 Å². The highest BCUT2D eigenvalue weighted by Gasteiger charge is 2.21. The van der Waals surface area contributed by atoms with Gasteiger partial charge in [-0.05, 0) is 36.6 Å². The third-order valence-electron chi connectivity index (χ3n) is 3.10. The van der Waals surface area contributed by atoms with Crippen molar-refractivity contribution in [2.24, 2.45) is 0 Å². The number of hydrogen-bond acceptors (Lipinski definition) is 3. The molecule has 6 heteroatoms. The van der Waals surface area contributed by atoms with Crippen LogP contribution in [-0.2, 0) is 21.2 Å². The molecule has 1 aromatic carbocycles. The molecular weight excluding hydrogens is 264 g/mol. The molecule has 5 nitrogen and oxygen atoms in total. The molecular formula is C13H18N2O3S. The highest BCUT2D eigenvalue weighted by molar-refractivity contribution is 7.92. The minimum atomic E-state index is -3.27. The maximum atomic E-state index is 11.9. The van der Waals surface area contributed by atoms with Gasteiger partial charge >= 0.3 is 0 Å². The minimum absolute atomic E-state index is 0.102. The van der Waals surface area contributed by atoms with Crippen molar-refractivity contribution in [2.45, 2.75) is 26.2 Å². The molecule has 0 aromatic heterocycles. The van der Waals surface area contributed by atoms with Crippen molar-refractivity contribution in [3.05, 3.63) is 23.8 Å². The average Bonchev–Trinajstić information content (AvgIpc) is 2.35. The summed E-state index contributed by atoms with van der Waals surface area (Å²) in [4.78, 5) is 13.6. The molecule has 1 aromatic rings. The number of sulfonamides is 1. The van der Waals surface area contributed by atoms with Crippen LogP contribution in [0.1, 0.15) is 25.3 Å². The van der Waals surface area contributed by atoms with Gasteiger partial charge in [0.1, 0.15) is 0 Å². The van der Waals surface area contributed by atoms with Gasteiger partial charge in [-0.15, -0.1) is 0 Å². The predicted octanol–water partition coefficient (Wildman–Crippen LogP) is 1.75. The first-order chi connectivity index (χ1) is 8.90. The molecule has 104 valence electrons.